The first-order chi connectivity index (χ1) is 13.2. The number of carbonyl (C=O) groups is 1. The number of hydrogen-bond donors (Lipinski definition) is 0. The van der Waals surface area contributed by atoms with Crippen molar-refractivity contribution in [2.75, 3.05) is 31.1 Å². The summed E-state index contributed by atoms with van der Waals surface area (Å²) in [5, 5.41) is 0. The summed E-state index contributed by atoms with van der Waals surface area (Å²) in [5.41, 5.74) is 0.899. The van der Waals surface area contributed by atoms with Crippen molar-refractivity contribution < 1.29 is 22.4 Å². The highest BCUT2D eigenvalue weighted by atomic mass is 19.4. The van der Waals surface area contributed by atoms with Gasteiger partial charge < -0.3 is 9.80 Å². The van der Waals surface area contributed by atoms with Gasteiger partial charge in [-0.2, -0.15) is 13.2 Å². The molecule has 3 rings (SSSR count). The van der Waals surface area contributed by atoms with Crippen LogP contribution in [0.25, 0.3) is 0 Å². The van der Waals surface area contributed by atoms with Crippen LogP contribution in [-0.2, 0) is 6.18 Å². The van der Waals surface area contributed by atoms with Crippen molar-refractivity contribution in [1.29, 1.82) is 0 Å². The fourth-order valence-corrected chi connectivity index (χ4v) is 3.20. The number of piperazine rings is 1. The van der Waals surface area contributed by atoms with Crippen molar-refractivity contribution in [3.05, 3.63) is 77.2 Å². The van der Waals surface area contributed by atoms with Crippen LogP contribution in [0.1, 0.15) is 22.8 Å². The molecule has 7 heteroatoms. The summed E-state index contributed by atoms with van der Waals surface area (Å²) in [6, 6.07) is 10.8. The van der Waals surface area contributed by atoms with E-state index in [0.29, 0.717) is 31.9 Å². The zero-order valence-electron chi connectivity index (χ0n) is 15.3. The highest BCUT2D eigenvalue weighted by molar-refractivity contribution is 6.04. The molecule has 0 N–H and O–H groups in total. The number of alkyl halides is 3. The minimum absolute atomic E-state index is 0.280. The molecule has 3 nitrogen and oxygen atoms in total. The minimum Gasteiger partial charge on any atom is -0.371 e. The second-order valence-corrected chi connectivity index (χ2v) is 6.68. The molecule has 0 atom stereocenters. The number of benzene rings is 2. The van der Waals surface area contributed by atoms with Gasteiger partial charge in [-0.1, -0.05) is 18.2 Å². The van der Waals surface area contributed by atoms with Crippen molar-refractivity contribution >= 4 is 11.5 Å². The molecule has 28 heavy (non-hydrogen) atoms. The van der Waals surface area contributed by atoms with Crippen molar-refractivity contribution in [2.45, 2.75) is 13.1 Å². The van der Waals surface area contributed by atoms with Gasteiger partial charge in [0.05, 0.1) is 5.56 Å². The number of allylic oxidation sites excluding steroid dienone is 2. The van der Waals surface area contributed by atoms with Gasteiger partial charge >= 0.3 is 6.18 Å². The van der Waals surface area contributed by atoms with E-state index < -0.39 is 17.6 Å². The summed E-state index contributed by atoms with van der Waals surface area (Å²) in [6.07, 6.45) is -2.90. The summed E-state index contributed by atoms with van der Waals surface area (Å²) in [7, 11) is 0. The summed E-state index contributed by atoms with van der Waals surface area (Å²) in [4.78, 5) is 16.2. The fourth-order valence-electron chi connectivity index (χ4n) is 3.20. The van der Waals surface area contributed by atoms with Crippen LogP contribution in [0.5, 0.6) is 0 Å². The Hall–Kier alpha value is -2.83. The molecular weight excluding hydrogens is 372 g/mol. The van der Waals surface area contributed by atoms with Gasteiger partial charge in [-0.25, -0.2) is 4.39 Å². The van der Waals surface area contributed by atoms with E-state index in [0.717, 1.165) is 17.8 Å². The smallest absolute Gasteiger partial charge is 0.371 e. The molecule has 1 fully saturated rings. The maximum absolute atomic E-state index is 13.3. The van der Waals surface area contributed by atoms with Crippen molar-refractivity contribution in [1.82, 2.24) is 4.90 Å². The summed E-state index contributed by atoms with van der Waals surface area (Å²) in [5.74, 6) is -0.746. The Morgan fingerprint density at radius 2 is 1.68 bits per heavy atom. The molecule has 2 aromatic rings. The lowest BCUT2D eigenvalue weighted by molar-refractivity contribution is -0.137. The molecule has 1 saturated heterocycles. The first kappa shape index (κ1) is 19.9. The van der Waals surface area contributed by atoms with Crippen LogP contribution in [0.15, 0.2) is 60.3 Å². The third kappa shape index (κ3) is 4.71. The van der Waals surface area contributed by atoms with E-state index in [1.54, 1.807) is 19.1 Å². The van der Waals surface area contributed by atoms with E-state index in [-0.39, 0.29) is 11.3 Å². The van der Waals surface area contributed by atoms with Gasteiger partial charge in [-0.3, -0.25) is 4.79 Å². The Kier molecular flexibility index (Phi) is 5.72. The second kappa shape index (κ2) is 8.04. The molecule has 2 aromatic carbocycles. The Morgan fingerprint density at radius 3 is 2.32 bits per heavy atom. The number of carbonyl (C=O) groups excluding carboxylic acids is 1. The molecule has 1 aliphatic rings. The van der Waals surface area contributed by atoms with Crippen LogP contribution in [0.2, 0.25) is 0 Å². The molecule has 0 amide bonds. The molecule has 0 unspecified atom stereocenters. The predicted molar refractivity (Wildman–Crippen MR) is 99.7 cm³/mol. The zero-order chi connectivity index (χ0) is 20.3. The lowest BCUT2D eigenvalue weighted by atomic mass is 10.1. The Bertz CT molecular complexity index is 884. The second-order valence-electron chi connectivity index (χ2n) is 6.68. The maximum Gasteiger partial charge on any atom is 0.416 e. The molecule has 1 heterocycles. The highest BCUT2D eigenvalue weighted by Crippen LogP contribution is 2.32. The molecule has 0 spiro atoms. The lowest BCUT2D eigenvalue weighted by Crippen LogP contribution is -2.45. The van der Waals surface area contributed by atoms with Gasteiger partial charge in [-0.15, -0.1) is 0 Å². The van der Waals surface area contributed by atoms with Crippen LogP contribution in [0, 0.1) is 5.82 Å². The van der Waals surface area contributed by atoms with Crippen LogP contribution in [0.3, 0.4) is 0 Å². The number of anilines is 1. The average Bonchev–Trinajstić information content (AvgIpc) is 2.67. The number of ketones is 1. The summed E-state index contributed by atoms with van der Waals surface area (Å²) >= 11 is 0. The van der Waals surface area contributed by atoms with Crippen LogP contribution in [0.4, 0.5) is 23.2 Å². The molecule has 1 aliphatic heterocycles. The third-order valence-electron chi connectivity index (χ3n) is 4.77. The monoisotopic (exact) mass is 392 g/mol. The number of hydrogen-bond acceptors (Lipinski definition) is 3. The van der Waals surface area contributed by atoms with Gasteiger partial charge in [0.1, 0.15) is 5.82 Å². The lowest BCUT2D eigenvalue weighted by Gasteiger charge is -2.38. The minimum atomic E-state index is -4.37. The maximum atomic E-state index is 13.3. The molecule has 0 radical (unpaired) electrons. The van der Waals surface area contributed by atoms with Crippen molar-refractivity contribution in [2.24, 2.45) is 0 Å². The van der Waals surface area contributed by atoms with Crippen LogP contribution >= 0.6 is 0 Å². The first-order valence-electron chi connectivity index (χ1n) is 8.89. The van der Waals surface area contributed by atoms with Crippen molar-refractivity contribution in [3.63, 3.8) is 0 Å². The van der Waals surface area contributed by atoms with E-state index in [1.165, 1.54) is 30.3 Å². The highest BCUT2D eigenvalue weighted by Gasteiger charge is 2.31. The summed E-state index contributed by atoms with van der Waals surface area (Å²) in [6.45, 7) is 4.04. The van der Waals surface area contributed by atoms with E-state index in [1.807, 2.05) is 9.80 Å². The normalized spacial score (nSPS) is 15.7. The van der Waals surface area contributed by atoms with E-state index in [2.05, 4.69) is 0 Å². The van der Waals surface area contributed by atoms with Crippen molar-refractivity contribution in [3.8, 4) is 0 Å². The molecular formula is C21H20F4N2O. The molecule has 0 bridgehead atoms. The van der Waals surface area contributed by atoms with E-state index in [4.69, 9.17) is 0 Å². The number of nitrogens with zero attached hydrogens (tertiary/aromatic N) is 2. The number of rotatable bonds is 4. The van der Waals surface area contributed by atoms with Gasteiger partial charge in [-0.05, 0) is 37.3 Å². The van der Waals surface area contributed by atoms with Gasteiger partial charge in [0.25, 0.3) is 0 Å². The number of halogens is 4. The Labute approximate surface area is 160 Å². The Balaban J connectivity index is 1.64. The largest absolute Gasteiger partial charge is 0.416 e. The van der Waals surface area contributed by atoms with Crippen LogP contribution < -0.4 is 4.90 Å². The fraction of sp³-hybridized carbons (Fsp3) is 0.286. The molecule has 0 aromatic heterocycles. The first-order valence-corrected chi connectivity index (χ1v) is 8.89. The molecule has 0 aliphatic carbocycles. The third-order valence-corrected chi connectivity index (χ3v) is 4.77. The topological polar surface area (TPSA) is 23.6 Å². The quantitative estimate of drug-likeness (QED) is 0.426. The average molecular weight is 392 g/mol. The van der Waals surface area contributed by atoms with Gasteiger partial charge in [0.15, 0.2) is 5.78 Å². The zero-order valence-corrected chi connectivity index (χ0v) is 15.3. The SMILES string of the molecule is C/C(=C\C(=O)c1cccc(F)c1)N1CCN(c2cccc(C(F)(F)F)c2)CC1. The van der Waals surface area contributed by atoms with Gasteiger partial charge in [0, 0.05) is 49.2 Å². The summed E-state index contributed by atoms with van der Waals surface area (Å²) < 4.78 is 52.0. The predicted octanol–water partition coefficient (Wildman–Crippen LogP) is 4.75. The molecule has 0 saturated carbocycles. The standard InChI is InChI=1S/C21H20F4N2O/c1-15(12-20(28)16-4-2-6-18(22)13-16)26-8-10-27(11-9-26)19-7-3-5-17(14-19)21(23,24)25/h2-7,12-14H,8-11H2,1H3/b15-12+. The van der Waals surface area contributed by atoms with Gasteiger partial charge in [0.2, 0.25) is 0 Å². The Morgan fingerprint density at radius 1 is 1.00 bits per heavy atom. The van der Waals surface area contributed by atoms with E-state index in [9.17, 15) is 22.4 Å². The molecule has 148 valence electrons. The van der Waals surface area contributed by atoms with Crippen LogP contribution in [-0.4, -0.2) is 36.9 Å². The van der Waals surface area contributed by atoms with E-state index >= 15 is 0 Å².